The predicted molar refractivity (Wildman–Crippen MR) is 134 cm³/mol. The summed E-state index contributed by atoms with van der Waals surface area (Å²) in [5, 5.41) is 3.63. The number of aromatic nitrogens is 1. The molecule has 2 N–H and O–H groups in total. The van der Waals surface area contributed by atoms with Gasteiger partial charge in [0.15, 0.2) is 0 Å². The summed E-state index contributed by atoms with van der Waals surface area (Å²) in [6, 6.07) is 23.0. The second-order valence-electron chi connectivity index (χ2n) is 8.34. The molecule has 7 heteroatoms. The number of amides is 1. The first-order valence-corrected chi connectivity index (χ1v) is 12.6. The lowest BCUT2D eigenvalue weighted by Crippen LogP contribution is -2.47. The second kappa shape index (κ2) is 10.2. The maximum absolute atomic E-state index is 13.4. The van der Waals surface area contributed by atoms with Gasteiger partial charge in [0, 0.05) is 18.1 Å². The second-order valence-corrected chi connectivity index (χ2v) is 10.0. The van der Waals surface area contributed by atoms with E-state index < -0.39 is 16.1 Å². The van der Waals surface area contributed by atoms with Crippen molar-refractivity contribution < 1.29 is 13.2 Å². The van der Waals surface area contributed by atoms with Gasteiger partial charge < -0.3 is 5.32 Å². The Bertz CT molecular complexity index is 1410. The van der Waals surface area contributed by atoms with E-state index in [0.29, 0.717) is 17.4 Å². The number of fused-ring (bicyclic) bond motifs is 1. The summed E-state index contributed by atoms with van der Waals surface area (Å²) >= 11 is 0. The van der Waals surface area contributed by atoms with Crippen molar-refractivity contribution in [3.8, 4) is 0 Å². The Labute approximate surface area is 200 Å². The molecule has 0 bridgehead atoms. The normalized spacial score (nSPS) is 12.4. The zero-order valence-electron chi connectivity index (χ0n) is 19.2. The molecule has 1 aromatic heterocycles. The van der Waals surface area contributed by atoms with Gasteiger partial charge in [0.05, 0.1) is 5.52 Å². The van der Waals surface area contributed by atoms with Crippen LogP contribution in [0.2, 0.25) is 0 Å². The molecule has 0 radical (unpaired) electrons. The lowest BCUT2D eigenvalue weighted by atomic mass is 10.0. The van der Waals surface area contributed by atoms with E-state index in [9.17, 15) is 13.2 Å². The highest BCUT2D eigenvalue weighted by atomic mass is 32.2. The maximum atomic E-state index is 13.4. The number of nitrogens with zero attached hydrogens (tertiary/aromatic N) is 1. The molecule has 1 heterocycles. The predicted octanol–water partition coefficient (Wildman–Crippen LogP) is 4.06. The van der Waals surface area contributed by atoms with Gasteiger partial charge in [-0.1, -0.05) is 72.3 Å². The summed E-state index contributed by atoms with van der Waals surface area (Å²) < 4.78 is 29.4. The molecule has 0 aliphatic carbocycles. The fourth-order valence-corrected chi connectivity index (χ4v) is 5.25. The standard InChI is InChI=1S/C27H27N3O3S/c1-19-13-14-20(2)23(16-19)18-29-27(31)24(17-21-8-4-3-5-9-21)30-34(32,33)25-12-6-10-22-11-7-15-28-26(22)25/h3-16,24,30H,17-18H2,1-2H3,(H,29,31)/t24-/m1/s1. The van der Waals surface area contributed by atoms with Crippen molar-refractivity contribution in [1.82, 2.24) is 15.0 Å². The van der Waals surface area contributed by atoms with Crippen LogP contribution in [0.5, 0.6) is 0 Å². The first-order valence-electron chi connectivity index (χ1n) is 11.1. The van der Waals surface area contributed by atoms with Crippen LogP contribution in [0.3, 0.4) is 0 Å². The van der Waals surface area contributed by atoms with Crippen molar-refractivity contribution in [2.45, 2.75) is 37.8 Å². The average Bonchev–Trinajstić information content (AvgIpc) is 2.84. The molecule has 6 nitrogen and oxygen atoms in total. The third kappa shape index (κ3) is 5.50. The minimum absolute atomic E-state index is 0.0472. The zero-order chi connectivity index (χ0) is 24.1. The molecule has 0 saturated carbocycles. The smallest absolute Gasteiger partial charge is 0.243 e. The lowest BCUT2D eigenvalue weighted by Gasteiger charge is -2.20. The Morgan fingerprint density at radius 3 is 2.50 bits per heavy atom. The number of pyridine rings is 1. The Kier molecular flexibility index (Phi) is 7.05. The molecule has 4 rings (SSSR count). The molecule has 1 atom stereocenters. The zero-order valence-corrected chi connectivity index (χ0v) is 20.0. The van der Waals surface area contributed by atoms with Gasteiger partial charge in [-0.25, -0.2) is 8.42 Å². The number of carbonyl (C=O) groups is 1. The molecular formula is C27H27N3O3S. The Morgan fingerprint density at radius 1 is 0.941 bits per heavy atom. The van der Waals surface area contributed by atoms with Crippen LogP contribution in [0.1, 0.15) is 22.3 Å². The van der Waals surface area contributed by atoms with E-state index in [2.05, 4.69) is 15.0 Å². The topological polar surface area (TPSA) is 88.2 Å². The number of hydrogen-bond acceptors (Lipinski definition) is 4. The number of sulfonamides is 1. The molecule has 34 heavy (non-hydrogen) atoms. The van der Waals surface area contributed by atoms with Crippen molar-refractivity contribution >= 4 is 26.8 Å². The van der Waals surface area contributed by atoms with E-state index in [-0.39, 0.29) is 17.2 Å². The molecule has 1 amide bonds. The van der Waals surface area contributed by atoms with Crippen LogP contribution >= 0.6 is 0 Å². The third-order valence-electron chi connectivity index (χ3n) is 5.74. The third-order valence-corrected chi connectivity index (χ3v) is 7.24. The summed E-state index contributed by atoms with van der Waals surface area (Å²) in [6.45, 7) is 4.29. The van der Waals surface area contributed by atoms with E-state index in [1.807, 2.05) is 62.4 Å². The molecule has 0 unspecified atom stereocenters. The van der Waals surface area contributed by atoms with Gasteiger partial charge in [-0.15, -0.1) is 0 Å². The highest BCUT2D eigenvalue weighted by Crippen LogP contribution is 2.21. The number of hydrogen-bond donors (Lipinski definition) is 2. The summed E-state index contributed by atoms with van der Waals surface area (Å²) in [6.07, 6.45) is 1.77. The van der Waals surface area contributed by atoms with Crippen molar-refractivity contribution in [2.75, 3.05) is 0 Å². The van der Waals surface area contributed by atoms with E-state index in [1.54, 1.807) is 30.5 Å². The molecule has 0 aliphatic heterocycles. The van der Waals surface area contributed by atoms with Crippen LogP contribution in [0, 0.1) is 13.8 Å². The minimum Gasteiger partial charge on any atom is -0.351 e. The van der Waals surface area contributed by atoms with E-state index in [4.69, 9.17) is 0 Å². The molecule has 174 valence electrons. The number of para-hydroxylation sites is 1. The maximum Gasteiger partial charge on any atom is 0.243 e. The van der Waals surface area contributed by atoms with E-state index in [0.717, 1.165) is 22.3 Å². The van der Waals surface area contributed by atoms with Gasteiger partial charge >= 0.3 is 0 Å². The lowest BCUT2D eigenvalue weighted by molar-refractivity contribution is -0.122. The molecule has 0 saturated heterocycles. The van der Waals surface area contributed by atoms with Crippen LogP contribution in [0.25, 0.3) is 10.9 Å². The molecule has 0 spiro atoms. The highest BCUT2D eigenvalue weighted by Gasteiger charge is 2.27. The van der Waals surface area contributed by atoms with Crippen molar-refractivity contribution in [2.24, 2.45) is 0 Å². The monoisotopic (exact) mass is 473 g/mol. The first-order chi connectivity index (χ1) is 16.3. The highest BCUT2D eigenvalue weighted by molar-refractivity contribution is 7.89. The van der Waals surface area contributed by atoms with E-state index in [1.165, 1.54) is 6.07 Å². The summed E-state index contributed by atoms with van der Waals surface area (Å²) in [4.78, 5) is 17.5. The summed E-state index contributed by atoms with van der Waals surface area (Å²) in [7, 11) is -4.02. The van der Waals surface area contributed by atoms with Crippen LogP contribution < -0.4 is 10.0 Å². The van der Waals surface area contributed by atoms with Gasteiger partial charge in [-0.3, -0.25) is 9.78 Å². The Hall–Kier alpha value is -3.55. The number of carbonyl (C=O) groups excluding carboxylic acids is 1. The Morgan fingerprint density at radius 2 is 1.71 bits per heavy atom. The van der Waals surface area contributed by atoms with Gasteiger partial charge in [0.2, 0.25) is 15.9 Å². The Balaban J connectivity index is 1.61. The summed E-state index contributed by atoms with van der Waals surface area (Å²) in [5.41, 5.74) is 4.38. The van der Waals surface area contributed by atoms with Gasteiger partial charge in [-0.2, -0.15) is 4.72 Å². The number of aryl methyl sites for hydroxylation is 2. The van der Waals surface area contributed by atoms with Crippen molar-refractivity contribution in [3.63, 3.8) is 0 Å². The van der Waals surface area contributed by atoms with Gasteiger partial charge in [0.1, 0.15) is 10.9 Å². The van der Waals surface area contributed by atoms with Crippen LogP contribution in [0.15, 0.2) is 90.0 Å². The molecule has 3 aromatic carbocycles. The molecule has 0 fully saturated rings. The molecule has 0 aliphatic rings. The first kappa shape index (κ1) is 23.6. The molecular weight excluding hydrogens is 446 g/mol. The fourth-order valence-electron chi connectivity index (χ4n) is 3.88. The van der Waals surface area contributed by atoms with Crippen LogP contribution in [-0.2, 0) is 27.8 Å². The summed E-state index contributed by atoms with van der Waals surface area (Å²) in [5.74, 6) is -0.387. The minimum atomic E-state index is -4.02. The quantitative estimate of drug-likeness (QED) is 0.404. The number of benzene rings is 3. The number of nitrogens with one attached hydrogen (secondary N) is 2. The van der Waals surface area contributed by atoms with Crippen LogP contribution in [0.4, 0.5) is 0 Å². The van der Waals surface area contributed by atoms with Gasteiger partial charge in [-0.05, 0) is 49.1 Å². The van der Waals surface area contributed by atoms with E-state index >= 15 is 0 Å². The van der Waals surface area contributed by atoms with Crippen molar-refractivity contribution in [3.05, 3.63) is 107 Å². The van der Waals surface area contributed by atoms with Gasteiger partial charge in [0.25, 0.3) is 0 Å². The SMILES string of the molecule is Cc1ccc(C)c(CNC(=O)[C@@H](Cc2ccccc2)NS(=O)(=O)c2cccc3cccnc23)c1. The number of rotatable bonds is 8. The largest absolute Gasteiger partial charge is 0.351 e. The van der Waals surface area contributed by atoms with Crippen molar-refractivity contribution in [1.29, 1.82) is 0 Å². The molecule has 4 aromatic rings. The average molecular weight is 474 g/mol. The van der Waals surface area contributed by atoms with Crippen LogP contribution in [-0.4, -0.2) is 25.4 Å². The fraction of sp³-hybridized carbons (Fsp3) is 0.185.